The van der Waals surface area contributed by atoms with E-state index in [0.717, 1.165) is 11.5 Å². The number of hydrogen-bond acceptors (Lipinski definition) is 3. The van der Waals surface area contributed by atoms with Crippen molar-refractivity contribution in [1.82, 2.24) is 9.97 Å². The summed E-state index contributed by atoms with van der Waals surface area (Å²) < 4.78 is 0. The number of rotatable bonds is 2. The normalized spacial score (nSPS) is 17.6. The zero-order chi connectivity index (χ0) is 13.0. The number of aliphatic hydroxyl groups excluding tert-OH is 1. The quantitative estimate of drug-likeness (QED) is 0.802. The average molecular weight is 239 g/mol. The van der Waals surface area contributed by atoms with Crippen LogP contribution in [0.2, 0.25) is 0 Å². The Morgan fingerprint density at radius 1 is 1.06 bits per heavy atom. The summed E-state index contributed by atoms with van der Waals surface area (Å²) in [5.74, 6) is 7.43. The molecular weight excluding hydrogens is 224 g/mol. The van der Waals surface area contributed by atoms with Gasteiger partial charge in [-0.3, -0.25) is 0 Å². The summed E-state index contributed by atoms with van der Waals surface area (Å²) in [6, 6.07) is 0. The van der Waals surface area contributed by atoms with Gasteiger partial charge in [-0.15, -0.1) is 0 Å². The highest BCUT2D eigenvalue weighted by Gasteiger charge is 2.14. The Kier molecular flexibility index (Phi) is 4.33. The summed E-state index contributed by atoms with van der Waals surface area (Å²) in [5.41, 5.74) is 0.726. The van der Waals surface area contributed by atoms with Gasteiger partial charge in [0.25, 0.3) is 0 Å². The van der Waals surface area contributed by atoms with Crippen molar-refractivity contribution in [2.24, 2.45) is 5.92 Å². The van der Waals surface area contributed by atoms with E-state index < -0.39 is 6.10 Å². The topological polar surface area (TPSA) is 46.0 Å². The van der Waals surface area contributed by atoms with Crippen LogP contribution in [0.15, 0.2) is 12.4 Å². The van der Waals surface area contributed by atoms with Crippen LogP contribution >= 0.6 is 0 Å². The van der Waals surface area contributed by atoms with Crippen molar-refractivity contribution >= 4 is 0 Å². The SMILES string of the molecule is CC(C)[C@H](O)c1cnc(C#C[C]2[CH][CH][CH][CH]2)nc1. The van der Waals surface area contributed by atoms with Crippen LogP contribution in [0.5, 0.6) is 0 Å². The van der Waals surface area contributed by atoms with E-state index in [1.807, 2.05) is 39.5 Å². The molecule has 1 aromatic heterocycles. The summed E-state index contributed by atoms with van der Waals surface area (Å²) in [5, 5.41) is 9.85. The van der Waals surface area contributed by atoms with Crippen molar-refractivity contribution in [3.05, 3.63) is 55.4 Å². The number of hydrogen-bond donors (Lipinski definition) is 1. The van der Waals surface area contributed by atoms with Gasteiger partial charge in [0, 0.05) is 18.0 Å². The lowest BCUT2D eigenvalue weighted by molar-refractivity contribution is 0.126. The van der Waals surface area contributed by atoms with Gasteiger partial charge in [0.05, 0.1) is 12.0 Å². The van der Waals surface area contributed by atoms with E-state index in [9.17, 15) is 5.11 Å². The highest BCUT2D eigenvalue weighted by molar-refractivity contribution is 5.48. The summed E-state index contributed by atoms with van der Waals surface area (Å²) in [6.45, 7) is 3.90. The summed E-state index contributed by atoms with van der Waals surface area (Å²) in [7, 11) is 0. The van der Waals surface area contributed by atoms with Crippen molar-refractivity contribution in [2.45, 2.75) is 20.0 Å². The third-order valence-electron chi connectivity index (χ3n) is 2.63. The van der Waals surface area contributed by atoms with Gasteiger partial charge in [-0.2, -0.15) is 0 Å². The molecule has 0 saturated heterocycles. The molecule has 1 aliphatic carbocycles. The molecule has 0 aromatic carbocycles. The van der Waals surface area contributed by atoms with Gasteiger partial charge in [-0.1, -0.05) is 19.8 Å². The molecule has 2 rings (SSSR count). The smallest absolute Gasteiger partial charge is 0.204 e. The molecule has 0 bridgehead atoms. The Bertz CT molecular complexity index is 436. The number of aliphatic hydroxyl groups is 1. The first-order chi connectivity index (χ1) is 8.66. The van der Waals surface area contributed by atoms with Gasteiger partial charge in [0.1, 0.15) is 0 Å². The molecule has 0 amide bonds. The van der Waals surface area contributed by atoms with Crippen LogP contribution in [-0.4, -0.2) is 15.1 Å². The third kappa shape index (κ3) is 3.30. The minimum Gasteiger partial charge on any atom is -0.388 e. The highest BCUT2D eigenvalue weighted by atomic mass is 16.3. The average Bonchev–Trinajstić information content (AvgIpc) is 2.89. The molecule has 1 aromatic rings. The molecule has 18 heavy (non-hydrogen) atoms. The van der Waals surface area contributed by atoms with E-state index in [1.165, 1.54) is 0 Å². The minimum absolute atomic E-state index is 0.148. The fourth-order valence-corrected chi connectivity index (χ4v) is 1.53. The van der Waals surface area contributed by atoms with Crippen molar-refractivity contribution < 1.29 is 5.11 Å². The first-order valence-electron chi connectivity index (χ1n) is 5.90. The maximum atomic E-state index is 9.85. The molecular formula is C15H15N2O. The van der Waals surface area contributed by atoms with Gasteiger partial charge >= 0.3 is 0 Å². The minimum atomic E-state index is -0.526. The zero-order valence-corrected chi connectivity index (χ0v) is 10.5. The Balaban J connectivity index is 2.03. The van der Waals surface area contributed by atoms with E-state index in [4.69, 9.17) is 0 Å². The molecule has 1 fully saturated rings. The lowest BCUT2D eigenvalue weighted by Gasteiger charge is -2.13. The monoisotopic (exact) mass is 239 g/mol. The molecule has 0 spiro atoms. The van der Waals surface area contributed by atoms with E-state index in [-0.39, 0.29) is 5.92 Å². The van der Waals surface area contributed by atoms with Crippen LogP contribution < -0.4 is 0 Å². The molecule has 1 atom stereocenters. The van der Waals surface area contributed by atoms with E-state index in [0.29, 0.717) is 5.82 Å². The van der Waals surface area contributed by atoms with Crippen molar-refractivity contribution in [2.75, 3.05) is 0 Å². The first kappa shape index (κ1) is 13.0. The molecule has 3 nitrogen and oxygen atoms in total. The maximum Gasteiger partial charge on any atom is 0.204 e. The molecule has 1 heterocycles. The number of nitrogens with zero attached hydrogens (tertiary/aromatic N) is 2. The van der Waals surface area contributed by atoms with Crippen molar-refractivity contribution in [1.29, 1.82) is 0 Å². The van der Waals surface area contributed by atoms with Crippen LogP contribution in [0, 0.1) is 49.4 Å². The van der Waals surface area contributed by atoms with Crippen LogP contribution in [0.25, 0.3) is 0 Å². The van der Waals surface area contributed by atoms with Crippen molar-refractivity contribution in [3.63, 3.8) is 0 Å². The van der Waals surface area contributed by atoms with Crippen LogP contribution in [0.3, 0.4) is 0 Å². The van der Waals surface area contributed by atoms with Crippen LogP contribution in [-0.2, 0) is 0 Å². The predicted molar refractivity (Wildman–Crippen MR) is 69.2 cm³/mol. The second kappa shape index (κ2) is 5.97. The fourth-order valence-electron chi connectivity index (χ4n) is 1.53. The maximum absolute atomic E-state index is 9.85. The predicted octanol–water partition coefficient (Wildman–Crippen LogP) is 1.92. The summed E-state index contributed by atoms with van der Waals surface area (Å²) in [4.78, 5) is 8.27. The lowest BCUT2D eigenvalue weighted by Crippen LogP contribution is -2.06. The zero-order valence-electron chi connectivity index (χ0n) is 10.5. The molecule has 1 saturated carbocycles. The summed E-state index contributed by atoms with van der Waals surface area (Å²) in [6.07, 6.45) is 10.5. The lowest BCUT2D eigenvalue weighted by atomic mass is 10.0. The van der Waals surface area contributed by atoms with Crippen LogP contribution in [0.4, 0.5) is 0 Å². The molecule has 91 valence electrons. The van der Waals surface area contributed by atoms with E-state index in [1.54, 1.807) is 12.4 Å². The Morgan fingerprint density at radius 2 is 1.67 bits per heavy atom. The van der Waals surface area contributed by atoms with E-state index >= 15 is 0 Å². The molecule has 0 aliphatic heterocycles. The summed E-state index contributed by atoms with van der Waals surface area (Å²) >= 11 is 0. The first-order valence-corrected chi connectivity index (χ1v) is 5.90. The van der Waals surface area contributed by atoms with Gasteiger partial charge < -0.3 is 5.11 Å². The number of aromatic nitrogens is 2. The Morgan fingerprint density at radius 3 is 2.22 bits per heavy atom. The van der Waals surface area contributed by atoms with Gasteiger partial charge in [0.2, 0.25) is 5.82 Å². The fraction of sp³-hybridized carbons (Fsp3) is 0.267. The Hall–Kier alpha value is -1.40. The standard InChI is InChI=1S/C15H15N2O/c1-11(2)15(18)13-9-16-14(17-10-13)8-7-12-5-3-4-6-12/h3-6,9-11,15,18H,1-2H3/t15-/m0/s1. The second-order valence-electron chi connectivity index (χ2n) is 4.45. The molecule has 1 N–H and O–H groups in total. The highest BCUT2D eigenvalue weighted by Crippen LogP contribution is 2.22. The van der Waals surface area contributed by atoms with Crippen molar-refractivity contribution in [3.8, 4) is 11.8 Å². The van der Waals surface area contributed by atoms with Gasteiger partial charge in [-0.25, -0.2) is 9.97 Å². The third-order valence-corrected chi connectivity index (χ3v) is 2.63. The largest absolute Gasteiger partial charge is 0.388 e. The molecule has 5 radical (unpaired) electrons. The van der Waals surface area contributed by atoms with Gasteiger partial charge in [-0.05, 0) is 37.5 Å². The van der Waals surface area contributed by atoms with E-state index in [2.05, 4.69) is 21.8 Å². The second-order valence-corrected chi connectivity index (χ2v) is 4.45. The van der Waals surface area contributed by atoms with Gasteiger partial charge in [0.15, 0.2) is 0 Å². The van der Waals surface area contributed by atoms with Crippen LogP contribution in [0.1, 0.15) is 31.3 Å². The molecule has 0 unspecified atom stereocenters. The molecule has 1 aliphatic rings. The Labute approximate surface area is 109 Å². The molecule has 3 heteroatoms.